The van der Waals surface area contributed by atoms with E-state index in [1.165, 1.54) is 0 Å². The molecular formula is C11H11ClN2O. The summed E-state index contributed by atoms with van der Waals surface area (Å²) in [6, 6.07) is 5.60. The number of benzene rings is 1. The molecule has 0 amide bonds. The lowest BCUT2D eigenvalue weighted by Gasteiger charge is -2.30. The zero-order valence-electron chi connectivity index (χ0n) is 8.40. The van der Waals surface area contributed by atoms with Gasteiger partial charge in [-0.25, -0.2) is 4.79 Å². The van der Waals surface area contributed by atoms with Crippen LogP contribution in [0, 0.1) is 0 Å². The number of isocyanates is 1. The number of hydrogen-bond donors (Lipinski definition) is 0. The van der Waals surface area contributed by atoms with Gasteiger partial charge in [-0.05, 0) is 18.6 Å². The summed E-state index contributed by atoms with van der Waals surface area (Å²) in [6.07, 6.45) is 2.48. The summed E-state index contributed by atoms with van der Waals surface area (Å²) in [5.41, 5.74) is 2.11. The van der Waals surface area contributed by atoms with E-state index in [2.05, 4.69) is 9.89 Å². The van der Waals surface area contributed by atoms with Crippen molar-refractivity contribution in [1.29, 1.82) is 0 Å². The third-order valence-electron chi connectivity index (χ3n) is 2.71. The van der Waals surface area contributed by atoms with Crippen molar-refractivity contribution in [3.63, 3.8) is 0 Å². The van der Waals surface area contributed by atoms with E-state index in [0.717, 1.165) is 24.2 Å². The highest BCUT2D eigenvalue weighted by molar-refractivity contribution is 6.30. The first-order chi connectivity index (χ1) is 7.22. The maximum atomic E-state index is 10.3. The molecule has 0 spiro atoms. The fraction of sp³-hybridized carbons (Fsp3) is 0.364. The van der Waals surface area contributed by atoms with Gasteiger partial charge < -0.3 is 4.90 Å². The molecule has 1 aliphatic heterocycles. The van der Waals surface area contributed by atoms with Crippen molar-refractivity contribution < 1.29 is 4.79 Å². The smallest absolute Gasteiger partial charge is 0.235 e. The van der Waals surface area contributed by atoms with Crippen LogP contribution in [0.15, 0.2) is 23.2 Å². The van der Waals surface area contributed by atoms with Crippen LogP contribution in [-0.2, 0) is 4.79 Å². The summed E-state index contributed by atoms with van der Waals surface area (Å²) in [6.45, 7) is 0.878. The van der Waals surface area contributed by atoms with E-state index < -0.39 is 0 Å². The Kier molecular flexibility index (Phi) is 2.76. The molecule has 0 aliphatic carbocycles. The lowest BCUT2D eigenvalue weighted by atomic mass is 9.97. The van der Waals surface area contributed by atoms with Gasteiger partial charge in [0.2, 0.25) is 6.08 Å². The van der Waals surface area contributed by atoms with Gasteiger partial charge in [-0.15, -0.1) is 0 Å². The average molecular weight is 223 g/mol. The van der Waals surface area contributed by atoms with Crippen LogP contribution in [0.1, 0.15) is 18.0 Å². The van der Waals surface area contributed by atoms with E-state index in [1.807, 2.05) is 25.2 Å². The molecule has 0 bridgehead atoms. The molecule has 1 heterocycles. The molecule has 2 rings (SSSR count). The monoisotopic (exact) mass is 222 g/mol. The molecule has 15 heavy (non-hydrogen) atoms. The lowest BCUT2D eigenvalue weighted by molar-refractivity contribution is 0.549. The molecule has 0 aromatic heterocycles. The van der Waals surface area contributed by atoms with Crippen molar-refractivity contribution in [2.24, 2.45) is 4.99 Å². The summed E-state index contributed by atoms with van der Waals surface area (Å²) < 4.78 is 0. The number of fused-ring (bicyclic) bond motifs is 1. The van der Waals surface area contributed by atoms with Gasteiger partial charge in [-0.2, -0.15) is 4.99 Å². The second kappa shape index (κ2) is 4.05. The van der Waals surface area contributed by atoms with Gasteiger partial charge in [0.1, 0.15) is 0 Å². The van der Waals surface area contributed by atoms with Crippen LogP contribution >= 0.6 is 11.6 Å². The first kappa shape index (κ1) is 10.2. The zero-order chi connectivity index (χ0) is 10.8. The minimum Gasteiger partial charge on any atom is -0.374 e. The number of anilines is 1. The minimum atomic E-state index is -0.0639. The number of aliphatic imine (C=N–C) groups is 1. The molecule has 1 aromatic carbocycles. The first-order valence-electron chi connectivity index (χ1n) is 4.80. The van der Waals surface area contributed by atoms with Crippen LogP contribution in [0.3, 0.4) is 0 Å². The van der Waals surface area contributed by atoms with E-state index in [1.54, 1.807) is 6.08 Å². The first-order valence-corrected chi connectivity index (χ1v) is 5.17. The van der Waals surface area contributed by atoms with Crippen LogP contribution in [0.25, 0.3) is 0 Å². The molecule has 0 radical (unpaired) electrons. The fourth-order valence-corrected chi connectivity index (χ4v) is 2.09. The summed E-state index contributed by atoms with van der Waals surface area (Å²) in [5.74, 6) is 0. The Morgan fingerprint density at radius 2 is 2.40 bits per heavy atom. The van der Waals surface area contributed by atoms with Crippen LogP contribution in [0.4, 0.5) is 5.69 Å². The van der Waals surface area contributed by atoms with E-state index in [9.17, 15) is 4.79 Å². The lowest BCUT2D eigenvalue weighted by Crippen LogP contribution is -2.26. The third-order valence-corrected chi connectivity index (χ3v) is 2.94. The van der Waals surface area contributed by atoms with Gasteiger partial charge in [0, 0.05) is 29.9 Å². The molecule has 0 N–H and O–H groups in total. The molecule has 0 fully saturated rings. The van der Waals surface area contributed by atoms with Gasteiger partial charge in [0.25, 0.3) is 0 Å². The molecule has 0 saturated heterocycles. The second-order valence-corrected chi connectivity index (χ2v) is 4.09. The SMILES string of the molecule is CN1CCC(N=C=O)c2ccc(Cl)cc21. The van der Waals surface area contributed by atoms with E-state index in [0.29, 0.717) is 5.02 Å². The summed E-state index contributed by atoms with van der Waals surface area (Å²) in [4.78, 5) is 16.2. The molecule has 3 nitrogen and oxygen atoms in total. The fourth-order valence-electron chi connectivity index (χ4n) is 1.92. The van der Waals surface area contributed by atoms with Crippen LogP contribution < -0.4 is 4.90 Å². The maximum absolute atomic E-state index is 10.3. The summed E-state index contributed by atoms with van der Waals surface area (Å²) in [5, 5.41) is 0.705. The standard InChI is InChI=1S/C11H11ClN2O/c1-14-5-4-10(13-7-15)9-3-2-8(12)6-11(9)14/h2-3,6,10H,4-5H2,1H3. The number of carbonyl (C=O) groups excluding carboxylic acids is 1. The van der Waals surface area contributed by atoms with Gasteiger partial charge in [-0.1, -0.05) is 17.7 Å². The molecule has 1 aliphatic rings. The normalized spacial score (nSPS) is 19.3. The van der Waals surface area contributed by atoms with Crippen LogP contribution in [0.2, 0.25) is 5.02 Å². The highest BCUT2D eigenvalue weighted by Gasteiger charge is 2.22. The Balaban J connectivity index is 2.49. The number of halogens is 1. The Morgan fingerprint density at radius 3 is 3.13 bits per heavy atom. The second-order valence-electron chi connectivity index (χ2n) is 3.65. The number of nitrogens with zero attached hydrogens (tertiary/aromatic N) is 2. The average Bonchev–Trinajstić information content (AvgIpc) is 2.23. The Labute approximate surface area is 93.4 Å². The van der Waals surface area contributed by atoms with Gasteiger partial charge in [-0.3, -0.25) is 0 Å². The highest BCUT2D eigenvalue weighted by Crippen LogP contribution is 2.36. The Hall–Kier alpha value is -1.31. The maximum Gasteiger partial charge on any atom is 0.235 e. The molecular weight excluding hydrogens is 212 g/mol. The summed E-state index contributed by atoms with van der Waals surface area (Å²) >= 11 is 5.93. The zero-order valence-corrected chi connectivity index (χ0v) is 9.16. The highest BCUT2D eigenvalue weighted by atomic mass is 35.5. The Morgan fingerprint density at radius 1 is 1.60 bits per heavy atom. The number of rotatable bonds is 1. The van der Waals surface area contributed by atoms with Crippen LogP contribution in [-0.4, -0.2) is 19.7 Å². The molecule has 4 heteroatoms. The largest absolute Gasteiger partial charge is 0.374 e. The number of hydrogen-bond acceptors (Lipinski definition) is 3. The van der Waals surface area contributed by atoms with Crippen LogP contribution in [0.5, 0.6) is 0 Å². The van der Waals surface area contributed by atoms with Crippen molar-refractivity contribution in [2.45, 2.75) is 12.5 Å². The van der Waals surface area contributed by atoms with E-state index >= 15 is 0 Å². The van der Waals surface area contributed by atoms with E-state index in [4.69, 9.17) is 11.6 Å². The molecule has 1 unspecified atom stereocenters. The van der Waals surface area contributed by atoms with Gasteiger partial charge in [0.05, 0.1) is 6.04 Å². The Bertz CT molecular complexity index is 427. The molecule has 1 aromatic rings. The van der Waals surface area contributed by atoms with Crippen molar-refractivity contribution in [2.75, 3.05) is 18.5 Å². The third kappa shape index (κ3) is 1.89. The quantitative estimate of drug-likeness (QED) is 0.541. The van der Waals surface area contributed by atoms with Gasteiger partial charge >= 0.3 is 0 Å². The predicted octanol–water partition coefficient (Wildman–Crippen LogP) is 2.56. The predicted molar refractivity (Wildman–Crippen MR) is 60.2 cm³/mol. The minimum absolute atomic E-state index is 0.0639. The molecule has 0 saturated carbocycles. The topological polar surface area (TPSA) is 32.7 Å². The van der Waals surface area contributed by atoms with Crippen molar-refractivity contribution in [1.82, 2.24) is 0 Å². The van der Waals surface area contributed by atoms with Crippen molar-refractivity contribution in [3.8, 4) is 0 Å². The van der Waals surface area contributed by atoms with E-state index in [-0.39, 0.29) is 6.04 Å². The van der Waals surface area contributed by atoms with Crippen molar-refractivity contribution in [3.05, 3.63) is 28.8 Å². The van der Waals surface area contributed by atoms with Crippen molar-refractivity contribution >= 4 is 23.4 Å². The summed E-state index contributed by atoms with van der Waals surface area (Å²) in [7, 11) is 2.01. The molecule has 78 valence electrons. The van der Waals surface area contributed by atoms with Gasteiger partial charge in [0.15, 0.2) is 0 Å². The molecule has 1 atom stereocenters.